The Balaban J connectivity index is 1.53. The molecule has 0 atom stereocenters. The quantitative estimate of drug-likeness (QED) is 0.780. The number of hydrogen-bond acceptors (Lipinski definition) is 4. The Labute approximate surface area is 144 Å². The molecular formula is C20H25NO3. The highest BCUT2D eigenvalue weighted by atomic mass is 16.5. The summed E-state index contributed by atoms with van der Waals surface area (Å²) in [7, 11) is 3.39. The van der Waals surface area contributed by atoms with Crippen LogP contribution < -0.4 is 9.47 Å². The standard InChI is InChI=1S/C20H25NO3/c1-15-5-4-6-18(9-15)24-19-12-21(13-19)11-16-7-8-20(23-3)17(10-16)14-22-2/h4-10,19H,11-14H2,1-3H3. The van der Waals surface area contributed by atoms with Crippen LogP contribution in [0.2, 0.25) is 0 Å². The number of methoxy groups -OCH3 is 2. The predicted molar refractivity (Wildman–Crippen MR) is 94.6 cm³/mol. The predicted octanol–water partition coefficient (Wildman–Crippen LogP) is 3.41. The summed E-state index contributed by atoms with van der Waals surface area (Å²) in [5.74, 6) is 1.84. The van der Waals surface area contributed by atoms with Gasteiger partial charge in [-0.15, -0.1) is 0 Å². The molecular weight excluding hydrogens is 302 g/mol. The number of nitrogens with zero attached hydrogens (tertiary/aromatic N) is 1. The lowest BCUT2D eigenvalue weighted by molar-refractivity contribution is 0.0145. The molecule has 0 radical (unpaired) electrons. The third-order valence-electron chi connectivity index (χ3n) is 4.27. The van der Waals surface area contributed by atoms with Gasteiger partial charge in [0.2, 0.25) is 0 Å². The molecule has 128 valence electrons. The van der Waals surface area contributed by atoms with Crippen molar-refractivity contribution >= 4 is 0 Å². The maximum Gasteiger partial charge on any atom is 0.124 e. The average Bonchev–Trinajstić information content (AvgIpc) is 2.53. The van der Waals surface area contributed by atoms with E-state index in [-0.39, 0.29) is 6.10 Å². The van der Waals surface area contributed by atoms with Crippen molar-refractivity contribution in [3.8, 4) is 11.5 Å². The van der Waals surface area contributed by atoms with E-state index in [1.54, 1.807) is 14.2 Å². The lowest BCUT2D eigenvalue weighted by Gasteiger charge is -2.39. The Morgan fingerprint density at radius 3 is 2.62 bits per heavy atom. The van der Waals surface area contributed by atoms with Gasteiger partial charge >= 0.3 is 0 Å². The molecule has 0 spiro atoms. The van der Waals surface area contributed by atoms with E-state index in [4.69, 9.17) is 14.2 Å². The summed E-state index contributed by atoms with van der Waals surface area (Å²) in [6.07, 6.45) is 0.281. The van der Waals surface area contributed by atoms with Crippen LogP contribution in [-0.2, 0) is 17.9 Å². The van der Waals surface area contributed by atoms with Gasteiger partial charge in [-0.1, -0.05) is 18.2 Å². The van der Waals surface area contributed by atoms with Gasteiger partial charge in [-0.05, 0) is 42.3 Å². The van der Waals surface area contributed by atoms with Crippen LogP contribution in [0.15, 0.2) is 42.5 Å². The fraction of sp³-hybridized carbons (Fsp3) is 0.400. The maximum absolute atomic E-state index is 6.02. The number of ether oxygens (including phenoxy) is 3. The van der Waals surface area contributed by atoms with Crippen LogP contribution in [0.25, 0.3) is 0 Å². The summed E-state index contributed by atoms with van der Waals surface area (Å²) in [6, 6.07) is 14.5. The molecule has 0 aromatic heterocycles. The van der Waals surface area contributed by atoms with Crippen LogP contribution in [0.3, 0.4) is 0 Å². The Morgan fingerprint density at radius 2 is 1.92 bits per heavy atom. The number of benzene rings is 2. The van der Waals surface area contributed by atoms with Crippen molar-refractivity contribution in [2.45, 2.75) is 26.2 Å². The first kappa shape index (κ1) is 16.8. The van der Waals surface area contributed by atoms with E-state index < -0.39 is 0 Å². The van der Waals surface area contributed by atoms with E-state index in [2.05, 4.69) is 36.1 Å². The SMILES string of the molecule is COCc1cc(CN2CC(Oc3cccc(C)c3)C2)ccc1OC. The molecule has 4 heteroatoms. The second-order valence-corrected chi connectivity index (χ2v) is 6.33. The highest BCUT2D eigenvalue weighted by Gasteiger charge is 2.28. The number of rotatable bonds is 7. The van der Waals surface area contributed by atoms with Gasteiger partial charge in [-0.25, -0.2) is 0 Å². The summed E-state index contributed by atoms with van der Waals surface area (Å²) < 4.78 is 16.6. The summed E-state index contributed by atoms with van der Waals surface area (Å²) in [4.78, 5) is 2.39. The molecule has 4 nitrogen and oxygen atoms in total. The fourth-order valence-corrected chi connectivity index (χ4v) is 3.06. The van der Waals surface area contributed by atoms with E-state index >= 15 is 0 Å². The zero-order valence-corrected chi connectivity index (χ0v) is 14.6. The Morgan fingerprint density at radius 1 is 1.08 bits per heavy atom. The minimum atomic E-state index is 0.281. The highest BCUT2D eigenvalue weighted by molar-refractivity contribution is 5.37. The molecule has 3 rings (SSSR count). The summed E-state index contributed by atoms with van der Waals surface area (Å²) in [5.41, 5.74) is 3.59. The van der Waals surface area contributed by atoms with Crippen molar-refractivity contribution in [3.63, 3.8) is 0 Å². The zero-order chi connectivity index (χ0) is 16.9. The van der Waals surface area contributed by atoms with Crippen LogP contribution in [0.4, 0.5) is 0 Å². The van der Waals surface area contributed by atoms with E-state index in [1.807, 2.05) is 18.2 Å². The molecule has 1 saturated heterocycles. The van der Waals surface area contributed by atoms with Crippen molar-refractivity contribution in [3.05, 3.63) is 59.2 Å². The number of hydrogen-bond donors (Lipinski definition) is 0. The fourth-order valence-electron chi connectivity index (χ4n) is 3.06. The normalized spacial score (nSPS) is 15.1. The van der Waals surface area contributed by atoms with Gasteiger partial charge in [0, 0.05) is 32.3 Å². The Hall–Kier alpha value is -2.04. The molecule has 2 aromatic rings. The van der Waals surface area contributed by atoms with Gasteiger partial charge in [0.05, 0.1) is 13.7 Å². The van der Waals surface area contributed by atoms with E-state index in [1.165, 1.54) is 11.1 Å². The Bertz CT molecular complexity index is 680. The van der Waals surface area contributed by atoms with Crippen LogP contribution in [0, 0.1) is 6.92 Å². The number of aryl methyl sites for hydroxylation is 1. The van der Waals surface area contributed by atoms with Gasteiger partial charge in [0.15, 0.2) is 0 Å². The molecule has 0 saturated carbocycles. The van der Waals surface area contributed by atoms with Crippen LogP contribution in [0.1, 0.15) is 16.7 Å². The molecule has 24 heavy (non-hydrogen) atoms. The molecule has 1 fully saturated rings. The zero-order valence-electron chi connectivity index (χ0n) is 14.6. The average molecular weight is 327 g/mol. The van der Waals surface area contributed by atoms with Crippen molar-refractivity contribution in [2.75, 3.05) is 27.3 Å². The lowest BCUT2D eigenvalue weighted by atomic mass is 10.1. The first-order valence-corrected chi connectivity index (χ1v) is 8.28. The largest absolute Gasteiger partial charge is 0.496 e. The summed E-state index contributed by atoms with van der Waals surface area (Å²) in [6.45, 7) is 5.49. The molecule has 1 aliphatic rings. The van der Waals surface area contributed by atoms with Crippen LogP contribution in [-0.4, -0.2) is 38.3 Å². The Kier molecular flexibility index (Phi) is 5.38. The molecule has 0 amide bonds. The molecule has 1 aliphatic heterocycles. The summed E-state index contributed by atoms with van der Waals surface area (Å²) in [5, 5.41) is 0. The topological polar surface area (TPSA) is 30.9 Å². The van der Waals surface area contributed by atoms with Gasteiger partial charge in [0.25, 0.3) is 0 Å². The lowest BCUT2D eigenvalue weighted by Crippen LogP contribution is -2.53. The molecule has 0 bridgehead atoms. The van der Waals surface area contributed by atoms with E-state index in [9.17, 15) is 0 Å². The molecule has 2 aromatic carbocycles. The monoisotopic (exact) mass is 327 g/mol. The third-order valence-corrected chi connectivity index (χ3v) is 4.27. The number of likely N-dealkylation sites (tertiary alicyclic amines) is 1. The molecule has 0 aliphatic carbocycles. The maximum atomic E-state index is 6.02. The van der Waals surface area contributed by atoms with E-state index in [0.717, 1.165) is 36.7 Å². The molecule has 0 unspecified atom stereocenters. The van der Waals surface area contributed by atoms with Gasteiger partial charge in [-0.2, -0.15) is 0 Å². The first-order valence-electron chi connectivity index (χ1n) is 8.28. The van der Waals surface area contributed by atoms with Crippen molar-refractivity contribution < 1.29 is 14.2 Å². The van der Waals surface area contributed by atoms with Crippen molar-refractivity contribution in [1.82, 2.24) is 4.90 Å². The van der Waals surface area contributed by atoms with Crippen molar-refractivity contribution in [1.29, 1.82) is 0 Å². The second-order valence-electron chi connectivity index (χ2n) is 6.33. The first-order chi connectivity index (χ1) is 11.7. The van der Waals surface area contributed by atoms with Gasteiger partial charge in [-0.3, -0.25) is 4.90 Å². The smallest absolute Gasteiger partial charge is 0.124 e. The second kappa shape index (κ2) is 7.69. The molecule has 1 heterocycles. The minimum absolute atomic E-state index is 0.281. The molecule has 0 N–H and O–H groups in total. The van der Waals surface area contributed by atoms with Crippen molar-refractivity contribution in [2.24, 2.45) is 0 Å². The van der Waals surface area contributed by atoms with Gasteiger partial charge < -0.3 is 14.2 Å². The van der Waals surface area contributed by atoms with Crippen LogP contribution >= 0.6 is 0 Å². The highest BCUT2D eigenvalue weighted by Crippen LogP contribution is 2.24. The van der Waals surface area contributed by atoms with E-state index in [0.29, 0.717) is 6.61 Å². The van der Waals surface area contributed by atoms with Gasteiger partial charge in [0.1, 0.15) is 17.6 Å². The van der Waals surface area contributed by atoms with Crippen LogP contribution in [0.5, 0.6) is 11.5 Å². The minimum Gasteiger partial charge on any atom is -0.496 e. The summed E-state index contributed by atoms with van der Waals surface area (Å²) >= 11 is 0. The third kappa shape index (κ3) is 4.08.